The molecule has 0 bridgehead atoms. The van der Waals surface area contributed by atoms with E-state index < -0.39 is 0 Å². The first-order chi connectivity index (χ1) is 6.77. The number of carbonyl (C=O) groups excluding carboxylic acids is 1. The van der Waals surface area contributed by atoms with Crippen LogP contribution in [0.1, 0.15) is 21.9 Å². The van der Waals surface area contributed by atoms with Crippen molar-refractivity contribution in [3.8, 4) is 0 Å². The van der Waals surface area contributed by atoms with Gasteiger partial charge in [-0.2, -0.15) is 0 Å². The number of alkyl halides is 1. The summed E-state index contributed by atoms with van der Waals surface area (Å²) in [6.45, 7) is 0.721. The molecule has 1 aromatic rings. The molecule has 0 aliphatic carbocycles. The number of carbonyl (C=O) groups is 1. The Kier molecular flexibility index (Phi) is 5.07. The highest BCUT2D eigenvalue weighted by Gasteiger charge is 2.08. The van der Waals surface area contributed by atoms with Crippen LogP contribution < -0.4 is 0 Å². The normalized spacial score (nSPS) is 10.4. The average Bonchev–Trinajstić information content (AvgIpc) is 2.66. The molecule has 0 unspecified atom stereocenters. The Bertz CT molecular complexity index is 301. The second-order valence-corrected chi connectivity index (χ2v) is 3.99. The lowest BCUT2D eigenvalue weighted by molar-refractivity contribution is 0.101. The highest BCUT2D eigenvalue weighted by molar-refractivity contribution is 7.09. The molecular weight excluding hydrogens is 222 g/mol. The minimum Gasteiger partial charge on any atom is -0.385 e. The molecular formula is C9H12ClNO2S. The summed E-state index contributed by atoms with van der Waals surface area (Å²) in [6, 6.07) is 0. The standard InChI is InChI=1S/C9H12ClNO2S/c1-13-4-2-3-9-11-7(6-14-9)8(12)5-10/h6H,2-5H2,1H3. The molecule has 0 amide bonds. The fraction of sp³-hybridized carbons (Fsp3) is 0.556. The van der Waals surface area contributed by atoms with E-state index in [2.05, 4.69) is 4.98 Å². The van der Waals surface area contributed by atoms with E-state index in [0.29, 0.717) is 5.69 Å². The van der Waals surface area contributed by atoms with Crippen molar-refractivity contribution in [2.45, 2.75) is 12.8 Å². The third kappa shape index (κ3) is 3.36. The van der Waals surface area contributed by atoms with Crippen LogP contribution in [-0.4, -0.2) is 30.4 Å². The molecule has 3 nitrogen and oxygen atoms in total. The van der Waals surface area contributed by atoms with Crippen LogP contribution in [0.4, 0.5) is 0 Å². The monoisotopic (exact) mass is 233 g/mol. The minimum atomic E-state index is -0.110. The summed E-state index contributed by atoms with van der Waals surface area (Å²) in [5.41, 5.74) is 0.484. The largest absolute Gasteiger partial charge is 0.385 e. The second kappa shape index (κ2) is 6.11. The molecule has 1 heterocycles. The van der Waals surface area contributed by atoms with Gasteiger partial charge in [0.1, 0.15) is 5.69 Å². The zero-order chi connectivity index (χ0) is 10.4. The van der Waals surface area contributed by atoms with Gasteiger partial charge in [-0.1, -0.05) is 0 Å². The maximum atomic E-state index is 11.1. The Balaban J connectivity index is 2.46. The van der Waals surface area contributed by atoms with E-state index in [4.69, 9.17) is 16.3 Å². The molecule has 0 spiro atoms. The molecule has 1 aromatic heterocycles. The lowest BCUT2D eigenvalue weighted by Gasteiger charge is -1.94. The van der Waals surface area contributed by atoms with E-state index in [1.807, 2.05) is 0 Å². The molecule has 0 aliphatic heterocycles. The van der Waals surface area contributed by atoms with E-state index in [1.54, 1.807) is 12.5 Å². The van der Waals surface area contributed by atoms with Crippen LogP contribution in [0, 0.1) is 0 Å². The topological polar surface area (TPSA) is 39.2 Å². The summed E-state index contributed by atoms with van der Waals surface area (Å²) in [5.74, 6) is -0.109. The number of rotatable bonds is 6. The molecule has 78 valence electrons. The van der Waals surface area contributed by atoms with Crippen molar-refractivity contribution in [3.05, 3.63) is 16.1 Å². The number of thiazole rings is 1. The summed E-state index contributed by atoms with van der Waals surface area (Å²) in [7, 11) is 1.67. The lowest BCUT2D eigenvalue weighted by atomic mass is 10.3. The van der Waals surface area contributed by atoms with Gasteiger partial charge in [0.15, 0.2) is 5.78 Å². The SMILES string of the molecule is COCCCc1nc(C(=O)CCl)cs1. The third-order valence-corrected chi connectivity index (χ3v) is 2.85. The fourth-order valence-electron chi connectivity index (χ4n) is 0.990. The zero-order valence-electron chi connectivity index (χ0n) is 7.96. The quantitative estimate of drug-likeness (QED) is 0.429. The maximum absolute atomic E-state index is 11.1. The van der Waals surface area contributed by atoms with E-state index in [-0.39, 0.29) is 11.7 Å². The number of halogens is 1. The van der Waals surface area contributed by atoms with Crippen LogP contribution in [0.3, 0.4) is 0 Å². The molecule has 0 saturated carbocycles. The molecule has 5 heteroatoms. The predicted octanol–water partition coefficient (Wildman–Crippen LogP) is 2.14. The molecule has 0 saturated heterocycles. The van der Waals surface area contributed by atoms with Crippen LogP contribution in [0.15, 0.2) is 5.38 Å². The van der Waals surface area contributed by atoms with Crippen molar-refractivity contribution in [1.82, 2.24) is 4.98 Å². The number of hydrogen-bond donors (Lipinski definition) is 0. The number of hydrogen-bond acceptors (Lipinski definition) is 4. The number of nitrogens with zero attached hydrogens (tertiary/aromatic N) is 1. The number of aromatic nitrogens is 1. The predicted molar refractivity (Wildman–Crippen MR) is 57.4 cm³/mol. The number of Topliss-reactive ketones (excluding diaryl/α,β-unsaturated/α-hetero) is 1. The molecule has 0 atom stereocenters. The number of aryl methyl sites for hydroxylation is 1. The van der Waals surface area contributed by atoms with Crippen LogP contribution in [0.2, 0.25) is 0 Å². The lowest BCUT2D eigenvalue weighted by Crippen LogP contribution is -2.01. The van der Waals surface area contributed by atoms with Gasteiger partial charge in [-0.3, -0.25) is 4.79 Å². The molecule has 14 heavy (non-hydrogen) atoms. The van der Waals surface area contributed by atoms with Crippen LogP contribution >= 0.6 is 22.9 Å². The van der Waals surface area contributed by atoms with Gasteiger partial charge in [0.25, 0.3) is 0 Å². The van der Waals surface area contributed by atoms with Crippen molar-refractivity contribution >= 4 is 28.7 Å². The van der Waals surface area contributed by atoms with E-state index in [1.165, 1.54) is 11.3 Å². The summed E-state index contributed by atoms with van der Waals surface area (Å²) in [4.78, 5) is 15.3. The summed E-state index contributed by atoms with van der Waals surface area (Å²) in [5, 5.41) is 2.72. The highest BCUT2D eigenvalue weighted by Crippen LogP contribution is 2.12. The first kappa shape index (κ1) is 11.6. The molecule has 0 aromatic carbocycles. The number of ether oxygens (including phenoxy) is 1. The van der Waals surface area contributed by atoms with Gasteiger partial charge in [-0.05, 0) is 6.42 Å². The second-order valence-electron chi connectivity index (χ2n) is 2.78. The van der Waals surface area contributed by atoms with E-state index in [0.717, 1.165) is 24.5 Å². The van der Waals surface area contributed by atoms with Crippen LogP contribution in [0.5, 0.6) is 0 Å². The van der Waals surface area contributed by atoms with Gasteiger partial charge in [0.2, 0.25) is 0 Å². The van der Waals surface area contributed by atoms with Crippen molar-refractivity contribution in [1.29, 1.82) is 0 Å². The summed E-state index contributed by atoms with van der Waals surface area (Å²) < 4.78 is 4.93. The van der Waals surface area contributed by atoms with Gasteiger partial charge in [-0.25, -0.2) is 4.98 Å². The van der Waals surface area contributed by atoms with Gasteiger partial charge in [0.05, 0.1) is 10.9 Å². The molecule has 0 aliphatic rings. The Morgan fingerprint density at radius 2 is 2.50 bits per heavy atom. The summed E-state index contributed by atoms with van der Waals surface area (Å²) >= 11 is 6.92. The highest BCUT2D eigenvalue weighted by atomic mass is 35.5. The Hall–Kier alpha value is -0.450. The first-order valence-corrected chi connectivity index (χ1v) is 5.72. The molecule has 0 N–H and O–H groups in total. The fourth-order valence-corrected chi connectivity index (χ4v) is 1.97. The van der Waals surface area contributed by atoms with Gasteiger partial charge in [0, 0.05) is 25.5 Å². The van der Waals surface area contributed by atoms with Crippen molar-refractivity contribution in [3.63, 3.8) is 0 Å². The van der Waals surface area contributed by atoms with Gasteiger partial charge < -0.3 is 4.74 Å². The van der Waals surface area contributed by atoms with Crippen molar-refractivity contribution in [2.75, 3.05) is 19.6 Å². The molecule has 0 radical (unpaired) electrons. The molecule has 1 rings (SSSR count). The number of methoxy groups -OCH3 is 1. The first-order valence-electron chi connectivity index (χ1n) is 4.30. The van der Waals surface area contributed by atoms with Crippen molar-refractivity contribution < 1.29 is 9.53 Å². The maximum Gasteiger partial charge on any atom is 0.196 e. The Labute approximate surface area is 92.1 Å². The minimum absolute atomic E-state index is 0.00123. The van der Waals surface area contributed by atoms with Gasteiger partial charge >= 0.3 is 0 Å². The third-order valence-electron chi connectivity index (χ3n) is 1.70. The van der Waals surface area contributed by atoms with Gasteiger partial charge in [-0.15, -0.1) is 22.9 Å². The van der Waals surface area contributed by atoms with E-state index in [9.17, 15) is 4.79 Å². The van der Waals surface area contributed by atoms with Crippen LogP contribution in [0.25, 0.3) is 0 Å². The summed E-state index contributed by atoms with van der Waals surface area (Å²) in [6.07, 6.45) is 1.78. The Morgan fingerprint density at radius 1 is 1.71 bits per heavy atom. The van der Waals surface area contributed by atoms with E-state index >= 15 is 0 Å². The smallest absolute Gasteiger partial charge is 0.196 e. The Morgan fingerprint density at radius 3 is 3.14 bits per heavy atom. The van der Waals surface area contributed by atoms with Crippen molar-refractivity contribution in [2.24, 2.45) is 0 Å². The molecule has 0 fully saturated rings. The van der Waals surface area contributed by atoms with Crippen LogP contribution in [-0.2, 0) is 11.2 Å². The zero-order valence-corrected chi connectivity index (χ0v) is 9.53. The number of ketones is 1. The average molecular weight is 234 g/mol.